The van der Waals surface area contributed by atoms with Crippen LogP contribution in [0.4, 0.5) is 38.0 Å². The van der Waals surface area contributed by atoms with E-state index in [2.05, 4.69) is 20.2 Å². The van der Waals surface area contributed by atoms with Gasteiger partial charge in [-0.15, -0.1) is 11.3 Å². The van der Waals surface area contributed by atoms with Gasteiger partial charge in [0.05, 0.1) is 53.6 Å². The summed E-state index contributed by atoms with van der Waals surface area (Å²) >= 11 is 0.714. The summed E-state index contributed by atoms with van der Waals surface area (Å²) in [5.41, 5.74) is -3.20. The molecule has 15 nitrogen and oxygen atoms in total. The Bertz CT molecular complexity index is 2430. The average molecular weight is 930 g/mol. The number of aromatic nitrogens is 2. The number of piperazine rings is 1. The number of halogens is 4. The number of fused-ring (bicyclic) bond motifs is 4. The van der Waals surface area contributed by atoms with E-state index < -0.39 is 46.9 Å². The van der Waals surface area contributed by atoms with E-state index in [4.69, 9.17) is 24.1 Å². The van der Waals surface area contributed by atoms with Crippen molar-refractivity contribution in [1.82, 2.24) is 19.8 Å². The molecule has 3 aliphatic heterocycles. The first-order valence-corrected chi connectivity index (χ1v) is 22.3. The zero-order chi connectivity index (χ0) is 47.4. The summed E-state index contributed by atoms with van der Waals surface area (Å²) in [6.45, 7) is 15.4. The number of nitrogens with one attached hydrogen (secondary N) is 1. The molecule has 2 aromatic carbocycles. The van der Waals surface area contributed by atoms with Gasteiger partial charge in [0.15, 0.2) is 0 Å². The monoisotopic (exact) mass is 929 g/mol. The van der Waals surface area contributed by atoms with Crippen LogP contribution in [0.3, 0.4) is 0 Å². The molecular weight excluding hydrogens is 875 g/mol. The fraction of sp³-hybridized carbons (Fsp3) is 0.556. The highest BCUT2D eigenvalue weighted by Crippen LogP contribution is 2.48. The lowest BCUT2D eigenvalue weighted by Gasteiger charge is -2.42. The van der Waals surface area contributed by atoms with Crippen LogP contribution in [0, 0.1) is 17.1 Å². The molecule has 2 unspecified atom stereocenters. The van der Waals surface area contributed by atoms with Gasteiger partial charge in [-0.1, -0.05) is 6.07 Å². The molecule has 2 amide bonds. The number of thiophene rings is 1. The first-order valence-electron chi connectivity index (χ1n) is 21.5. The van der Waals surface area contributed by atoms with Crippen molar-refractivity contribution in [2.45, 2.75) is 110 Å². The second-order valence-corrected chi connectivity index (χ2v) is 19.1. The van der Waals surface area contributed by atoms with Crippen LogP contribution >= 0.6 is 11.3 Å². The van der Waals surface area contributed by atoms with Crippen molar-refractivity contribution in [1.29, 1.82) is 5.26 Å². The van der Waals surface area contributed by atoms with Gasteiger partial charge >= 0.3 is 30.3 Å². The zero-order valence-corrected chi connectivity index (χ0v) is 38.4. The third-order valence-electron chi connectivity index (χ3n) is 10.9. The lowest BCUT2D eigenvalue weighted by Crippen LogP contribution is -2.57. The van der Waals surface area contributed by atoms with E-state index in [1.807, 2.05) is 11.0 Å². The highest BCUT2D eigenvalue weighted by Gasteiger charge is 2.45. The van der Waals surface area contributed by atoms with E-state index in [1.165, 1.54) is 45.2 Å². The molecule has 3 fully saturated rings. The minimum Gasteiger partial charge on any atom is -0.481 e. The lowest BCUT2D eigenvalue weighted by molar-refractivity contribution is -0.138. The van der Waals surface area contributed by atoms with Crippen LogP contribution in [-0.2, 0) is 25.2 Å². The SMILES string of the molecule is COc1nc(N2CC3CCC(C2)N3C(=O)OC(C)(C)C)c2cc(C(F)(F)F)c(-c3ccc(F)c4sc(NC(=O)OC(C)(C)C)c(C#N)c34)cc2n1.O=C(O)CCOCCCN1CCCC1. The number of carboxylic acid groups (broad SMARTS) is 1. The summed E-state index contributed by atoms with van der Waals surface area (Å²) in [7, 11) is 1.34. The maximum absolute atomic E-state index is 15.3. The first-order chi connectivity index (χ1) is 30.6. The molecule has 2 atom stereocenters. The van der Waals surface area contributed by atoms with Gasteiger partial charge in [0.2, 0.25) is 0 Å². The van der Waals surface area contributed by atoms with Gasteiger partial charge in [0.25, 0.3) is 0 Å². The first kappa shape index (κ1) is 48.9. The number of alkyl halides is 3. The van der Waals surface area contributed by atoms with E-state index in [1.54, 1.807) is 46.4 Å². The molecule has 5 heterocycles. The summed E-state index contributed by atoms with van der Waals surface area (Å²) in [6, 6.07) is 5.70. The van der Waals surface area contributed by atoms with Crippen LogP contribution in [0.15, 0.2) is 24.3 Å². The molecule has 4 aromatic rings. The zero-order valence-electron chi connectivity index (χ0n) is 37.6. The van der Waals surface area contributed by atoms with Crippen molar-refractivity contribution >= 4 is 61.3 Å². The number of nitrogens with zero attached hydrogens (tertiary/aromatic N) is 6. The molecule has 3 aliphatic rings. The van der Waals surface area contributed by atoms with E-state index >= 15 is 17.6 Å². The van der Waals surface area contributed by atoms with E-state index in [-0.39, 0.29) is 73.0 Å². The van der Waals surface area contributed by atoms with Gasteiger partial charge in [0, 0.05) is 37.0 Å². The number of likely N-dealkylation sites (tertiary alicyclic amines) is 1. The average Bonchev–Trinajstić information content (AvgIpc) is 3.93. The maximum Gasteiger partial charge on any atom is 0.417 e. The van der Waals surface area contributed by atoms with Crippen molar-refractivity contribution in [2.75, 3.05) is 63.3 Å². The summed E-state index contributed by atoms with van der Waals surface area (Å²) < 4.78 is 81.7. The fourth-order valence-electron chi connectivity index (χ4n) is 8.26. The topological polar surface area (TPSA) is 180 Å². The van der Waals surface area contributed by atoms with Crippen molar-refractivity contribution in [3.05, 3.63) is 41.2 Å². The number of carbonyl (C=O) groups is 3. The molecule has 2 bridgehead atoms. The summed E-state index contributed by atoms with van der Waals surface area (Å²) in [6.07, 6.45) is -1.12. The normalized spacial score (nSPS) is 17.8. The van der Waals surface area contributed by atoms with Gasteiger partial charge in [-0.25, -0.2) is 14.0 Å². The number of hydrogen-bond donors (Lipinski definition) is 2. The number of rotatable bonds is 11. The predicted octanol–water partition coefficient (Wildman–Crippen LogP) is 9.45. The number of aliphatic carboxylic acids is 1. The van der Waals surface area contributed by atoms with Crippen LogP contribution < -0.4 is 15.0 Å². The van der Waals surface area contributed by atoms with Gasteiger partial charge in [0.1, 0.15) is 33.9 Å². The Labute approximate surface area is 378 Å². The van der Waals surface area contributed by atoms with Gasteiger partial charge in [-0.2, -0.15) is 28.4 Å². The number of anilines is 2. The summed E-state index contributed by atoms with van der Waals surface area (Å²) in [4.78, 5) is 50.7. The van der Waals surface area contributed by atoms with E-state index in [0.717, 1.165) is 25.1 Å². The largest absolute Gasteiger partial charge is 0.481 e. The van der Waals surface area contributed by atoms with Crippen LogP contribution in [0.2, 0.25) is 0 Å². The molecular formula is C45H55F4N7O8S. The Balaban J connectivity index is 0.000000427. The molecule has 0 saturated carbocycles. The molecule has 0 aliphatic carbocycles. The smallest absolute Gasteiger partial charge is 0.417 e. The third kappa shape index (κ3) is 12.0. The quantitative estimate of drug-likeness (QED) is 0.107. The number of carbonyl (C=O) groups excluding carboxylic acids is 2. The number of ether oxygens (including phenoxy) is 4. The van der Waals surface area contributed by atoms with Crippen LogP contribution in [0.5, 0.6) is 6.01 Å². The summed E-state index contributed by atoms with van der Waals surface area (Å²) in [5, 5.41) is 20.9. The Morgan fingerprint density at radius 2 is 1.62 bits per heavy atom. The predicted molar refractivity (Wildman–Crippen MR) is 237 cm³/mol. The third-order valence-corrected chi connectivity index (χ3v) is 12.0. The highest BCUT2D eigenvalue weighted by atomic mass is 32.1. The minimum atomic E-state index is -4.91. The lowest BCUT2D eigenvalue weighted by atomic mass is 9.93. The second kappa shape index (κ2) is 19.9. The Hall–Kier alpha value is -5.52. The Morgan fingerprint density at radius 1 is 0.954 bits per heavy atom. The number of carboxylic acids is 1. The Kier molecular flexibility index (Phi) is 15.0. The number of hydrogen-bond acceptors (Lipinski definition) is 13. The molecule has 352 valence electrons. The molecule has 65 heavy (non-hydrogen) atoms. The highest BCUT2D eigenvalue weighted by molar-refractivity contribution is 7.23. The standard InChI is InChI=1S/C35H36F4N6O5S.C10H19NO3/c1-33(2,3)49-31(46)43-29-22(14-40)26-19(10-11-24(36)27(26)51-29)20-13-25-21(12-23(20)35(37,38)39)28(42-30(41-25)48-7)44-15-17-8-9-18(16-44)45(17)32(47)50-34(4,5)6;12-10(13)4-9-14-8-3-7-11-5-1-2-6-11/h10-13,17-18H,8-9,15-16H2,1-7H3,(H,43,46);1-9H2,(H,12,13). The van der Waals surface area contributed by atoms with E-state index in [9.17, 15) is 19.6 Å². The van der Waals surface area contributed by atoms with Crippen LogP contribution in [-0.4, -0.2) is 119 Å². The molecule has 0 radical (unpaired) electrons. The number of methoxy groups -OCH3 is 1. The van der Waals surface area contributed by atoms with Crippen molar-refractivity contribution < 1.29 is 56.0 Å². The molecule has 2 aromatic heterocycles. The van der Waals surface area contributed by atoms with Crippen LogP contribution in [0.25, 0.3) is 32.1 Å². The number of nitriles is 1. The fourth-order valence-corrected chi connectivity index (χ4v) is 9.33. The molecule has 3 saturated heterocycles. The molecule has 2 N–H and O–H groups in total. The van der Waals surface area contributed by atoms with Gasteiger partial charge in [-0.05, 0) is 116 Å². The molecule has 7 rings (SSSR count). The number of amides is 2. The number of benzene rings is 2. The second-order valence-electron chi connectivity index (χ2n) is 18.1. The Morgan fingerprint density at radius 3 is 2.20 bits per heavy atom. The van der Waals surface area contributed by atoms with Crippen molar-refractivity contribution in [3.8, 4) is 23.2 Å². The molecule has 20 heteroatoms. The van der Waals surface area contributed by atoms with Gasteiger partial charge < -0.3 is 33.9 Å². The minimum absolute atomic E-state index is 0.0751. The van der Waals surface area contributed by atoms with Gasteiger partial charge in [-0.3, -0.25) is 15.0 Å². The van der Waals surface area contributed by atoms with Crippen LogP contribution in [0.1, 0.15) is 91.2 Å². The molecule has 0 spiro atoms. The maximum atomic E-state index is 15.3. The van der Waals surface area contributed by atoms with Crippen molar-refractivity contribution in [2.24, 2.45) is 0 Å². The van der Waals surface area contributed by atoms with E-state index in [0.29, 0.717) is 50.5 Å². The van der Waals surface area contributed by atoms with Crippen molar-refractivity contribution in [3.63, 3.8) is 0 Å². The summed E-state index contributed by atoms with van der Waals surface area (Å²) in [5.74, 6) is -1.37.